The minimum absolute atomic E-state index is 0.213. The zero-order valence-electron chi connectivity index (χ0n) is 11.9. The third-order valence-electron chi connectivity index (χ3n) is 2.36. The lowest BCUT2D eigenvalue weighted by Gasteiger charge is -2.18. The predicted molar refractivity (Wildman–Crippen MR) is 80.3 cm³/mol. The number of benzene rings is 1. The molecule has 0 atom stereocenters. The summed E-state index contributed by atoms with van der Waals surface area (Å²) in [6.07, 6.45) is 0. The van der Waals surface area contributed by atoms with Gasteiger partial charge in [-0.2, -0.15) is 8.42 Å². The Labute approximate surface area is 123 Å². The van der Waals surface area contributed by atoms with Crippen LogP contribution < -0.4 is 10.2 Å². The van der Waals surface area contributed by atoms with Crippen LogP contribution in [0.2, 0.25) is 0 Å². The summed E-state index contributed by atoms with van der Waals surface area (Å²) in [5.41, 5.74) is 1.68. The number of nitrogens with zero attached hydrogens (tertiary/aromatic N) is 3. The van der Waals surface area contributed by atoms with E-state index in [1.165, 1.54) is 12.1 Å². The number of hydrogen-bond donors (Lipinski definition) is 2. The summed E-state index contributed by atoms with van der Waals surface area (Å²) in [6.45, 7) is 5.13. The molecule has 1 amide bonds. The predicted octanol–water partition coefficient (Wildman–Crippen LogP) is 2.15. The Kier molecular flexibility index (Phi) is 5.17. The molecular weight excluding hydrogens is 296 g/mol. The molecule has 8 nitrogen and oxygen atoms in total. The summed E-state index contributed by atoms with van der Waals surface area (Å²) in [6, 6.07) is 4.52. The molecule has 2 N–H and O–H groups in total. The molecule has 0 aliphatic heterocycles. The number of anilines is 2. The van der Waals surface area contributed by atoms with Crippen LogP contribution in [0.1, 0.15) is 6.92 Å². The van der Waals surface area contributed by atoms with E-state index in [1.807, 2.05) is 0 Å². The highest BCUT2D eigenvalue weighted by molar-refractivity contribution is 7.84. The van der Waals surface area contributed by atoms with Crippen molar-refractivity contribution in [3.63, 3.8) is 0 Å². The monoisotopic (exact) mass is 312 g/mol. The molecule has 0 saturated heterocycles. The third-order valence-corrected chi connectivity index (χ3v) is 2.65. The van der Waals surface area contributed by atoms with E-state index < -0.39 is 10.3 Å². The lowest BCUT2D eigenvalue weighted by Crippen LogP contribution is -2.16. The summed E-state index contributed by atoms with van der Waals surface area (Å²) >= 11 is 0. The van der Waals surface area contributed by atoms with Gasteiger partial charge in [0.25, 0.3) is 5.91 Å². The van der Waals surface area contributed by atoms with Crippen LogP contribution in [0.25, 0.3) is 0 Å². The van der Waals surface area contributed by atoms with E-state index in [4.69, 9.17) is 4.55 Å². The normalized spacial score (nSPS) is 11.4. The molecule has 0 bridgehead atoms. The van der Waals surface area contributed by atoms with Crippen LogP contribution in [-0.4, -0.2) is 33.0 Å². The minimum Gasteiger partial charge on any atom is -0.376 e. The fourth-order valence-corrected chi connectivity index (χ4v) is 1.58. The molecule has 21 heavy (non-hydrogen) atoms. The van der Waals surface area contributed by atoms with Gasteiger partial charge in [0, 0.05) is 19.7 Å². The van der Waals surface area contributed by atoms with Gasteiger partial charge in [0.2, 0.25) is 0 Å². The Bertz CT molecular complexity index is 695. The van der Waals surface area contributed by atoms with Crippen molar-refractivity contribution in [2.75, 3.05) is 24.3 Å². The molecule has 0 aromatic heterocycles. The van der Waals surface area contributed by atoms with Gasteiger partial charge in [-0.25, -0.2) is 0 Å². The fraction of sp³-hybridized carbons (Fsp3) is 0.250. The summed E-state index contributed by atoms with van der Waals surface area (Å²) in [7, 11) is -1.04. The first-order valence-electron chi connectivity index (χ1n) is 5.79. The average molecular weight is 312 g/mol. The van der Waals surface area contributed by atoms with Crippen molar-refractivity contribution in [1.82, 2.24) is 0 Å². The van der Waals surface area contributed by atoms with Crippen LogP contribution in [-0.2, 0) is 15.1 Å². The highest BCUT2D eigenvalue weighted by atomic mass is 32.2. The van der Waals surface area contributed by atoms with E-state index in [2.05, 4.69) is 21.5 Å². The lowest BCUT2D eigenvalue weighted by molar-refractivity contribution is -0.112. The molecule has 9 heteroatoms. The third kappa shape index (κ3) is 5.32. The molecule has 1 rings (SSSR count). The van der Waals surface area contributed by atoms with Crippen molar-refractivity contribution in [3.8, 4) is 0 Å². The van der Waals surface area contributed by atoms with Crippen molar-refractivity contribution < 1.29 is 17.8 Å². The molecule has 114 valence electrons. The first-order valence-corrected chi connectivity index (χ1v) is 7.18. The molecule has 0 radical (unpaired) electrons. The van der Waals surface area contributed by atoms with Crippen LogP contribution >= 0.6 is 0 Å². The van der Waals surface area contributed by atoms with Gasteiger partial charge in [0.1, 0.15) is 0 Å². The maximum atomic E-state index is 11.6. The number of carbonyl (C=O) groups excluding carboxylic acids is 1. The quantitative estimate of drug-likeness (QED) is 0.491. The largest absolute Gasteiger partial charge is 0.396 e. The van der Waals surface area contributed by atoms with E-state index in [1.54, 1.807) is 32.0 Å². The SMILES string of the molecule is C=C(C)C(=O)Nc1ccc(N=NS(=O)(=O)O)cc1N(C)C. The van der Waals surface area contributed by atoms with Gasteiger partial charge in [0.05, 0.1) is 17.1 Å². The fourth-order valence-electron chi connectivity index (χ4n) is 1.39. The van der Waals surface area contributed by atoms with Crippen molar-refractivity contribution in [2.45, 2.75) is 6.92 Å². The zero-order valence-corrected chi connectivity index (χ0v) is 12.7. The standard InChI is InChI=1S/C12H16N4O4S/c1-8(2)12(17)13-10-6-5-9(7-11(10)16(3)4)14-15-21(18,19)20/h5-7H,1H2,2-4H3,(H,13,17)(H,18,19,20). The van der Waals surface area contributed by atoms with Crippen molar-refractivity contribution in [2.24, 2.45) is 9.63 Å². The molecule has 1 aromatic rings. The molecule has 0 spiro atoms. The molecule has 0 aliphatic rings. The van der Waals surface area contributed by atoms with Crippen molar-refractivity contribution >= 4 is 33.3 Å². The van der Waals surface area contributed by atoms with Crippen LogP contribution in [0.15, 0.2) is 40.0 Å². The maximum Gasteiger partial charge on any atom is 0.396 e. The zero-order chi connectivity index (χ0) is 16.2. The molecular formula is C12H16N4O4S. The van der Waals surface area contributed by atoms with E-state index >= 15 is 0 Å². The van der Waals surface area contributed by atoms with E-state index in [9.17, 15) is 13.2 Å². The Morgan fingerprint density at radius 1 is 1.38 bits per heavy atom. The van der Waals surface area contributed by atoms with Crippen LogP contribution in [0.4, 0.5) is 17.1 Å². The average Bonchev–Trinajstić information content (AvgIpc) is 2.36. The second-order valence-corrected chi connectivity index (χ2v) is 5.52. The highest BCUT2D eigenvalue weighted by Crippen LogP contribution is 2.30. The van der Waals surface area contributed by atoms with Crippen LogP contribution in [0, 0.1) is 0 Å². The maximum absolute atomic E-state index is 11.6. The van der Waals surface area contributed by atoms with Crippen LogP contribution in [0.5, 0.6) is 0 Å². The topological polar surface area (TPSA) is 111 Å². The summed E-state index contributed by atoms with van der Waals surface area (Å²) < 4.78 is 32.4. The van der Waals surface area contributed by atoms with Crippen LogP contribution in [0.3, 0.4) is 0 Å². The van der Waals surface area contributed by atoms with E-state index in [0.717, 1.165) is 0 Å². The van der Waals surface area contributed by atoms with Gasteiger partial charge in [-0.15, -0.1) is 5.11 Å². The summed E-state index contributed by atoms with van der Waals surface area (Å²) in [5, 5.41) is 6.08. The molecule has 0 unspecified atom stereocenters. The van der Waals surface area contributed by atoms with E-state index in [0.29, 0.717) is 16.9 Å². The first-order chi connectivity index (χ1) is 9.60. The smallest absolute Gasteiger partial charge is 0.376 e. The lowest BCUT2D eigenvalue weighted by atomic mass is 10.2. The van der Waals surface area contributed by atoms with Gasteiger partial charge in [0.15, 0.2) is 0 Å². The Morgan fingerprint density at radius 2 is 2.00 bits per heavy atom. The Hall–Kier alpha value is -2.26. The highest BCUT2D eigenvalue weighted by Gasteiger charge is 2.10. The minimum atomic E-state index is -4.53. The second-order valence-electron chi connectivity index (χ2n) is 4.46. The first kappa shape index (κ1) is 16.8. The number of amides is 1. The van der Waals surface area contributed by atoms with Crippen molar-refractivity contribution in [3.05, 3.63) is 30.4 Å². The molecule has 0 saturated carbocycles. The molecule has 0 aliphatic carbocycles. The Morgan fingerprint density at radius 3 is 2.48 bits per heavy atom. The van der Waals surface area contributed by atoms with Gasteiger partial charge in [-0.05, 0) is 29.6 Å². The van der Waals surface area contributed by atoms with Crippen molar-refractivity contribution in [1.29, 1.82) is 0 Å². The van der Waals surface area contributed by atoms with E-state index in [-0.39, 0.29) is 11.6 Å². The molecule has 1 aromatic carbocycles. The summed E-state index contributed by atoms with van der Waals surface area (Å²) in [5.74, 6) is -0.328. The van der Waals surface area contributed by atoms with Gasteiger partial charge >= 0.3 is 10.3 Å². The van der Waals surface area contributed by atoms with Gasteiger partial charge in [-0.1, -0.05) is 6.58 Å². The Balaban J connectivity index is 3.16. The summed E-state index contributed by atoms with van der Waals surface area (Å²) in [4.78, 5) is 13.4. The second kappa shape index (κ2) is 6.46. The number of rotatable bonds is 5. The molecule has 0 fully saturated rings. The van der Waals surface area contributed by atoms with Gasteiger partial charge < -0.3 is 10.2 Å². The number of nitrogens with one attached hydrogen (secondary N) is 1. The number of hydrogen-bond acceptors (Lipinski definition) is 5. The molecule has 0 heterocycles. The van der Waals surface area contributed by atoms with Gasteiger partial charge in [-0.3, -0.25) is 9.35 Å². The number of carbonyl (C=O) groups is 1.